The van der Waals surface area contributed by atoms with Crippen molar-refractivity contribution in [3.63, 3.8) is 0 Å². The molecule has 1 aliphatic heterocycles. The molecule has 2 aromatic rings. The molecule has 0 saturated heterocycles. The van der Waals surface area contributed by atoms with Crippen molar-refractivity contribution in [3.05, 3.63) is 54.1 Å². The average Bonchev–Trinajstić information content (AvgIpc) is 2.51. The van der Waals surface area contributed by atoms with E-state index in [1.54, 1.807) is 43.3 Å². The monoisotopic (exact) mass is 395 g/mol. The predicted molar refractivity (Wildman–Crippen MR) is 99.0 cm³/mol. The number of benzene rings is 2. The second kappa shape index (κ2) is 6.49. The van der Waals surface area contributed by atoms with Gasteiger partial charge in [-0.15, -0.1) is 0 Å². The van der Waals surface area contributed by atoms with Gasteiger partial charge in [-0.05, 0) is 41.8 Å². The Bertz CT molecular complexity index is 1000. The number of rotatable bonds is 4. The van der Waals surface area contributed by atoms with Crippen LogP contribution in [0.5, 0.6) is 5.75 Å². The number of nitrogens with zero attached hydrogens (tertiary/aromatic N) is 1. The summed E-state index contributed by atoms with van der Waals surface area (Å²) in [6, 6.07) is 13.3. The van der Waals surface area contributed by atoms with Crippen molar-refractivity contribution in [2.45, 2.75) is 25.5 Å². The Morgan fingerprint density at radius 3 is 2.44 bits per heavy atom. The van der Waals surface area contributed by atoms with E-state index in [2.05, 4.69) is 14.5 Å². The molecule has 0 aliphatic carbocycles. The van der Waals surface area contributed by atoms with Gasteiger partial charge in [-0.3, -0.25) is 4.72 Å². The molecule has 0 unspecified atom stereocenters. The van der Waals surface area contributed by atoms with Gasteiger partial charge >= 0.3 is 6.11 Å². The first-order valence-corrected chi connectivity index (χ1v) is 9.75. The SMILES string of the molecule is CC(F)(F)Oc1cccc(-c2cccc([C@]3(C)CS(=O)(=O)NC(N)=N3)c2)c1. The molecule has 2 aromatic carbocycles. The normalized spacial score (nSPS) is 21.9. The summed E-state index contributed by atoms with van der Waals surface area (Å²) >= 11 is 0. The fraction of sp³-hybridized carbons (Fsp3) is 0.278. The Balaban J connectivity index is 2.00. The largest absolute Gasteiger partial charge is 0.433 e. The minimum Gasteiger partial charge on any atom is -0.433 e. The number of halogens is 2. The summed E-state index contributed by atoms with van der Waals surface area (Å²) in [7, 11) is -3.60. The van der Waals surface area contributed by atoms with Gasteiger partial charge in [-0.1, -0.05) is 30.3 Å². The summed E-state index contributed by atoms with van der Waals surface area (Å²) in [6.07, 6.45) is -3.29. The van der Waals surface area contributed by atoms with Crippen molar-refractivity contribution in [1.29, 1.82) is 0 Å². The molecular weight excluding hydrogens is 376 g/mol. The highest BCUT2D eigenvalue weighted by atomic mass is 32.2. The number of sulfonamides is 1. The van der Waals surface area contributed by atoms with Crippen LogP contribution in [0.2, 0.25) is 0 Å². The highest BCUT2D eigenvalue weighted by Crippen LogP contribution is 2.33. The molecule has 144 valence electrons. The van der Waals surface area contributed by atoms with Gasteiger partial charge in [0, 0.05) is 6.92 Å². The van der Waals surface area contributed by atoms with Crippen LogP contribution in [-0.4, -0.2) is 26.2 Å². The summed E-state index contributed by atoms with van der Waals surface area (Å²) in [4.78, 5) is 4.26. The van der Waals surface area contributed by atoms with E-state index in [9.17, 15) is 17.2 Å². The molecule has 1 aliphatic rings. The molecule has 0 amide bonds. The minimum absolute atomic E-state index is 0.0309. The molecule has 1 heterocycles. The standard InChI is InChI=1S/C18H19F2N3O3S/c1-17(11-27(24,25)23-16(21)22-17)14-7-3-5-12(9-14)13-6-4-8-15(10-13)26-18(2,19)20/h3-10H,11H2,1-2H3,(H3,21,22,23)/t17-/m0/s1. The topological polar surface area (TPSA) is 93.8 Å². The van der Waals surface area contributed by atoms with Gasteiger partial charge in [-0.25, -0.2) is 13.4 Å². The predicted octanol–water partition coefficient (Wildman–Crippen LogP) is 2.81. The smallest absolute Gasteiger partial charge is 0.394 e. The first kappa shape index (κ1) is 19.1. The quantitative estimate of drug-likeness (QED) is 0.832. The maximum Gasteiger partial charge on any atom is 0.394 e. The first-order valence-electron chi connectivity index (χ1n) is 8.09. The number of guanidine groups is 1. The lowest BCUT2D eigenvalue weighted by Gasteiger charge is -2.30. The van der Waals surface area contributed by atoms with Crippen LogP contribution in [-0.2, 0) is 15.6 Å². The Morgan fingerprint density at radius 1 is 1.19 bits per heavy atom. The number of ether oxygens (including phenoxy) is 1. The van der Waals surface area contributed by atoms with Gasteiger partial charge in [0.15, 0.2) is 0 Å². The van der Waals surface area contributed by atoms with E-state index in [0.717, 1.165) is 0 Å². The summed E-state index contributed by atoms with van der Waals surface area (Å²) < 4.78 is 57.0. The molecule has 0 fully saturated rings. The number of aliphatic imine (C=N–C) groups is 1. The van der Waals surface area contributed by atoms with Crippen LogP contribution in [0.4, 0.5) is 8.78 Å². The van der Waals surface area contributed by atoms with E-state index in [0.29, 0.717) is 23.6 Å². The Labute approximate surface area is 156 Å². The fourth-order valence-corrected chi connectivity index (χ4v) is 4.42. The Morgan fingerprint density at radius 2 is 1.81 bits per heavy atom. The van der Waals surface area contributed by atoms with Crippen LogP contribution in [0, 0.1) is 0 Å². The maximum atomic E-state index is 13.1. The molecule has 6 nitrogen and oxygen atoms in total. The summed E-state index contributed by atoms with van der Waals surface area (Å²) in [5.41, 5.74) is 6.56. The number of hydrogen-bond donors (Lipinski definition) is 2. The number of alkyl halides is 2. The van der Waals surface area contributed by atoms with Crippen molar-refractivity contribution in [2.75, 3.05) is 5.75 Å². The number of nitrogens with two attached hydrogens (primary N) is 1. The number of nitrogens with one attached hydrogen (secondary N) is 1. The molecule has 1 atom stereocenters. The molecule has 3 N–H and O–H groups in total. The summed E-state index contributed by atoms with van der Waals surface area (Å²) in [6.45, 7) is 2.34. The van der Waals surface area contributed by atoms with Crippen LogP contribution in [0.25, 0.3) is 11.1 Å². The van der Waals surface area contributed by atoms with Crippen LogP contribution < -0.4 is 15.2 Å². The van der Waals surface area contributed by atoms with Crippen LogP contribution in [0.3, 0.4) is 0 Å². The van der Waals surface area contributed by atoms with Crippen molar-refractivity contribution < 1.29 is 21.9 Å². The van der Waals surface area contributed by atoms with E-state index in [1.165, 1.54) is 12.1 Å². The highest BCUT2D eigenvalue weighted by Gasteiger charge is 2.37. The average molecular weight is 395 g/mol. The van der Waals surface area contributed by atoms with Gasteiger partial charge in [0.05, 0.1) is 5.75 Å². The highest BCUT2D eigenvalue weighted by molar-refractivity contribution is 7.90. The van der Waals surface area contributed by atoms with E-state index in [-0.39, 0.29) is 17.5 Å². The molecule has 3 rings (SSSR count). The van der Waals surface area contributed by atoms with Crippen molar-refractivity contribution in [3.8, 4) is 16.9 Å². The Hall–Kier alpha value is -2.68. The second-order valence-electron chi connectivity index (χ2n) is 6.65. The molecular formula is C18H19F2N3O3S. The van der Waals surface area contributed by atoms with Crippen molar-refractivity contribution in [2.24, 2.45) is 10.7 Å². The zero-order valence-electron chi connectivity index (χ0n) is 14.7. The maximum absolute atomic E-state index is 13.1. The third kappa shape index (κ3) is 4.54. The third-order valence-electron chi connectivity index (χ3n) is 4.05. The van der Waals surface area contributed by atoms with Crippen molar-refractivity contribution >= 4 is 16.0 Å². The lowest BCUT2D eigenvalue weighted by atomic mass is 9.91. The zero-order chi connectivity index (χ0) is 19.9. The lowest BCUT2D eigenvalue weighted by molar-refractivity contribution is -0.158. The van der Waals surface area contributed by atoms with E-state index in [1.807, 2.05) is 0 Å². The molecule has 9 heteroatoms. The molecule has 0 bridgehead atoms. The van der Waals surface area contributed by atoms with Gasteiger partial charge in [0.1, 0.15) is 11.3 Å². The van der Waals surface area contributed by atoms with Gasteiger partial charge in [0.25, 0.3) is 0 Å². The minimum atomic E-state index is -3.60. The van der Waals surface area contributed by atoms with Gasteiger partial charge < -0.3 is 10.5 Å². The van der Waals surface area contributed by atoms with Gasteiger partial charge in [-0.2, -0.15) is 8.78 Å². The van der Waals surface area contributed by atoms with Crippen LogP contribution in [0.15, 0.2) is 53.5 Å². The van der Waals surface area contributed by atoms with Crippen LogP contribution >= 0.6 is 0 Å². The third-order valence-corrected chi connectivity index (χ3v) is 5.51. The zero-order valence-corrected chi connectivity index (χ0v) is 15.6. The van der Waals surface area contributed by atoms with E-state index < -0.39 is 21.7 Å². The Kier molecular flexibility index (Phi) is 4.59. The molecule has 0 radical (unpaired) electrons. The van der Waals surface area contributed by atoms with Gasteiger partial charge in [0.2, 0.25) is 16.0 Å². The number of hydrogen-bond acceptors (Lipinski definition) is 5. The molecule has 27 heavy (non-hydrogen) atoms. The molecule has 0 spiro atoms. The fourth-order valence-electron chi connectivity index (χ4n) is 3.01. The van der Waals surface area contributed by atoms with Crippen LogP contribution in [0.1, 0.15) is 19.4 Å². The molecule has 0 saturated carbocycles. The lowest BCUT2D eigenvalue weighted by Crippen LogP contribution is -2.49. The summed E-state index contributed by atoms with van der Waals surface area (Å²) in [5, 5.41) is 0. The summed E-state index contributed by atoms with van der Waals surface area (Å²) in [5.74, 6) is -0.395. The second-order valence-corrected chi connectivity index (χ2v) is 8.37. The van der Waals surface area contributed by atoms with E-state index >= 15 is 0 Å². The first-order chi connectivity index (χ1) is 12.5. The molecule has 0 aromatic heterocycles. The van der Waals surface area contributed by atoms with Crippen molar-refractivity contribution in [1.82, 2.24) is 4.72 Å². The van der Waals surface area contributed by atoms with E-state index in [4.69, 9.17) is 5.73 Å².